The Morgan fingerprint density at radius 3 is 2.60 bits per heavy atom. The fraction of sp³-hybridized carbons (Fsp3) is 0.619. The molecule has 7 nitrogen and oxygen atoms in total. The van der Waals surface area contributed by atoms with Crippen molar-refractivity contribution >= 4 is 38.7 Å². The van der Waals surface area contributed by atoms with E-state index in [1.807, 2.05) is 17.9 Å². The Balaban J connectivity index is 1.83. The Morgan fingerprint density at radius 2 is 1.90 bits per heavy atom. The van der Waals surface area contributed by atoms with E-state index in [2.05, 4.69) is 16.2 Å². The number of thioether (sulfide) groups is 1. The smallest absolute Gasteiger partial charge is 0.240 e. The van der Waals surface area contributed by atoms with Gasteiger partial charge in [0.15, 0.2) is 5.16 Å². The van der Waals surface area contributed by atoms with Crippen molar-refractivity contribution in [3.63, 3.8) is 0 Å². The summed E-state index contributed by atoms with van der Waals surface area (Å²) in [7, 11) is -3.55. The van der Waals surface area contributed by atoms with Crippen molar-refractivity contribution < 1.29 is 13.2 Å². The van der Waals surface area contributed by atoms with Crippen LogP contribution in [0.4, 0.5) is 0 Å². The second-order valence-corrected chi connectivity index (χ2v) is 10.4. The molecule has 1 aliphatic heterocycles. The molecule has 0 radical (unpaired) electrons. The van der Waals surface area contributed by atoms with Crippen LogP contribution in [0.25, 0.3) is 11.0 Å². The molecule has 1 aliphatic rings. The van der Waals surface area contributed by atoms with Crippen molar-refractivity contribution in [1.29, 1.82) is 0 Å². The number of benzene rings is 1. The fourth-order valence-electron chi connectivity index (χ4n) is 3.55. The van der Waals surface area contributed by atoms with E-state index in [0.29, 0.717) is 17.8 Å². The number of hydrogen-bond donors (Lipinski definition) is 1. The molecular weight excluding hydrogens is 420 g/mol. The van der Waals surface area contributed by atoms with Crippen LogP contribution in [0.1, 0.15) is 52.4 Å². The number of nitrogens with zero attached hydrogens (tertiary/aromatic N) is 3. The molecule has 1 N–H and O–H groups in total. The van der Waals surface area contributed by atoms with E-state index in [0.717, 1.165) is 68.8 Å². The molecule has 0 unspecified atom stereocenters. The van der Waals surface area contributed by atoms with Crippen molar-refractivity contribution in [1.82, 2.24) is 19.2 Å². The maximum atomic E-state index is 12.6. The second-order valence-electron chi connectivity index (χ2n) is 7.68. The van der Waals surface area contributed by atoms with Crippen LogP contribution in [0, 0.1) is 0 Å². The van der Waals surface area contributed by atoms with E-state index in [4.69, 9.17) is 4.98 Å². The molecule has 9 heteroatoms. The summed E-state index contributed by atoms with van der Waals surface area (Å²) in [5, 5.41) is 0.777. The van der Waals surface area contributed by atoms with Crippen molar-refractivity contribution in [2.45, 2.75) is 69.0 Å². The summed E-state index contributed by atoms with van der Waals surface area (Å²) in [6.07, 6.45) is 5.94. The molecule has 166 valence electrons. The largest absolute Gasteiger partial charge is 0.342 e. The SMILES string of the molecule is CCCCNS(=O)(=O)c1ccc2c(c1)nc(SCC(=O)N1CCCC1)n2CCCC. The number of nitrogens with one attached hydrogen (secondary N) is 1. The average Bonchev–Trinajstić information content (AvgIpc) is 3.38. The Bertz CT molecular complexity index is 966. The van der Waals surface area contributed by atoms with Crippen LogP contribution in [0.5, 0.6) is 0 Å². The summed E-state index contributed by atoms with van der Waals surface area (Å²) in [5.74, 6) is 0.508. The summed E-state index contributed by atoms with van der Waals surface area (Å²) < 4.78 is 29.9. The highest BCUT2D eigenvalue weighted by Gasteiger charge is 2.21. The van der Waals surface area contributed by atoms with Crippen LogP contribution < -0.4 is 4.72 Å². The number of fused-ring (bicyclic) bond motifs is 1. The molecule has 1 amide bonds. The van der Waals surface area contributed by atoms with Gasteiger partial charge in [0.1, 0.15) is 0 Å². The van der Waals surface area contributed by atoms with Crippen LogP contribution in [-0.2, 0) is 21.4 Å². The lowest BCUT2D eigenvalue weighted by Gasteiger charge is -2.15. The molecule has 0 spiro atoms. The molecule has 3 rings (SSSR count). The van der Waals surface area contributed by atoms with Crippen LogP contribution in [0.2, 0.25) is 0 Å². The minimum absolute atomic E-state index is 0.148. The van der Waals surface area contributed by atoms with Crippen LogP contribution in [0.15, 0.2) is 28.3 Å². The molecule has 1 aromatic heterocycles. The van der Waals surface area contributed by atoms with Gasteiger partial charge < -0.3 is 9.47 Å². The summed E-state index contributed by atoms with van der Waals surface area (Å²) in [4.78, 5) is 19.3. The monoisotopic (exact) mass is 452 g/mol. The first-order chi connectivity index (χ1) is 14.5. The molecular formula is C21H32N4O3S2. The lowest BCUT2D eigenvalue weighted by atomic mass is 10.3. The first-order valence-corrected chi connectivity index (χ1v) is 13.3. The van der Waals surface area contributed by atoms with Crippen molar-refractivity contribution in [3.05, 3.63) is 18.2 Å². The van der Waals surface area contributed by atoms with Gasteiger partial charge in [-0.05, 0) is 43.9 Å². The van der Waals surface area contributed by atoms with Crippen molar-refractivity contribution in [2.75, 3.05) is 25.4 Å². The summed E-state index contributed by atoms with van der Waals surface area (Å²) >= 11 is 1.44. The van der Waals surface area contributed by atoms with Crippen LogP contribution in [-0.4, -0.2) is 54.2 Å². The molecule has 1 fully saturated rings. The maximum Gasteiger partial charge on any atom is 0.240 e. The van der Waals surface area contributed by atoms with Gasteiger partial charge in [0.2, 0.25) is 15.9 Å². The zero-order chi connectivity index (χ0) is 21.6. The van der Waals surface area contributed by atoms with Gasteiger partial charge in [-0.15, -0.1) is 0 Å². The average molecular weight is 453 g/mol. The molecule has 0 bridgehead atoms. The van der Waals surface area contributed by atoms with E-state index in [-0.39, 0.29) is 10.8 Å². The predicted octanol–water partition coefficient (Wildman–Crippen LogP) is 3.63. The number of aromatic nitrogens is 2. The number of imidazole rings is 1. The lowest BCUT2D eigenvalue weighted by Crippen LogP contribution is -2.29. The number of sulfonamides is 1. The third-order valence-corrected chi connectivity index (χ3v) is 7.76. The molecule has 2 heterocycles. The number of amides is 1. The first-order valence-electron chi connectivity index (χ1n) is 10.9. The lowest BCUT2D eigenvalue weighted by molar-refractivity contribution is -0.127. The van der Waals surface area contributed by atoms with Gasteiger partial charge in [0.05, 0.1) is 21.7 Å². The second kappa shape index (κ2) is 10.6. The highest BCUT2D eigenvalue weighted by atomic mass is 32.2. The highest BCUT2D eigenvalue weighted by Crippen LogP contribution is 2.27. The number of unbranched alkanes of at least 4 members (excludes halogenated alkanes) is 2. The Morgan fingerprint density at radius 1 is 1.17 bits per heavy atom. The number of rotatable bonds is 11. The van der Waals surface area contributed by atoms with Gasteiger partial charge in [-0.25, -0.2) is 18.1 Å². The molecule has 30 heavy (non-hydrogen) atoms. The molecule has 0 atom stereocenters. The normalized spacial score (nSPS) is 14.7. The summed E-state index contributed by atoms with van der Waals surface area (Å²) in [5.41, 5.74) is 1.56. The van der Waals surface area contributed by atoms with Gasteiger partial charge in [0.25, 0.3) is 0 Å². The van der Waals surface area contributed by atoms with E-state index >= 15 is 0 Å². The van der Waals surface area contributed by atoms with Gasteiger partial charge in [-0.3, -0.25) is 4.79 Å². The maximum absolute atomic E-state index is 12.6. The van der Waals surface area contributed by atoms with Crippen LogP contribution in [0.3, 0.4) is 0 Å². The standard InChI is InChI=1S/C21H32N4O3S2/c1-3-5-11-22-30(27,28)17-9-10-19-18(15-17)23-21(25(19)14-6-4-2)29-16-20(26)24-12-7-8-13-24/h9-10,15,22H,3-8,11-14,16H2,1-2H3. The summed E-state index contributed by atoms with van der Waals surface area (Å²) in [6, 6.07) is 5.11. The number of likely N-dealkylation sites (tertiary alicyclic amines) is 1. The zero-order valence-corrected chi connectivity index (χ0v) is 19.5. The summed E-state index contributed by atoms with van der Waals surface area (Å²) in [6.45, 7) is 7.08. The van der Waals surface area contributed by atoms with Crippen molar-refractivity contribution in [2.24, 2.45) is 0 Å². The number of carbonyl (C=O) groups excluding carboxylic acids is 1. The Labute approximate surface area is 183 Å². The number of carbonyl (C=O) groups is 1. The molecule has 0 aliphatic carbocycles. The van der Waals surface area contributed by atoms with Gasteiger partial charge >= 0.3 is 0 Å². The minimum atomic E-state index is -3.55. The van der Waals surface area contributed by atoms with Gasteiger partial charge in [-0.2, -0.15) is 0 Å². The van der Waals surface area contributed by atoms with E-state index in [9.17, 15) is 13.2 Å². The van der Waals surface area contributed by atoms with Crippen LogP contribution >= 0.6 is 11.8 Å². The number of aryl methyl sites for hydroxylation is 1. The quantitative estimate of drug-likeness (QED) is 0.416. The molecule has 1 saturated heterocycles. The molecule has 0 saturated carbocycles. The van der Waals surface area contributed by atoms with Crippen molar-refractivity contribution in [3.8, 4) is 0 Å². The zero-order valence-electron chi connectivity index (χ0n) is 17.9. The first kappa shape index (κ1) is 23.1. The van der Waals surface area contributed by atoms with Gasteiger partial charge in [-0.1, -0.05) is 38.5 Å². The third kappa shape index (κ3) is 5.56. The highest BCUT2D eigenvalue weighted by molar-refractivity contribution is 7.99. The minimum Gasteiger partial charge on any atom is -0.342 e. The number of hydrogen-bond acceptors (Lipinski definition) is 5. The van der Waals surface area contributed by atoms with E-state index < -0.39 is 10.0 Å². The third-order valence-electron chi connectivity index (χ3n) is 5.34. The fourth-order valence-corrected chi connectivity index (χ4v) is 5.59. The molecule has 1 aromatic carbocycles. The topological polar surface area (TPSA) is 84.3 Å². The van der Waals surface area contributed by atoms with E-state index in [1.165, 1.54) is 11.8 Å². The van der Waals surface area contributed by atoms with Gasteiger partial charge in [0, 0.05) is 26.2 Å². The Hall–Kier alpha value is -1.58. The van der Waals surface area contributed by atoms with E-state index in [1.54, 1.807) is 12.1 Å². The predicted molar refractivity (Wildman–Crippen MR) is 121 cm³/mol. The molecule has 2 aromatic rings. The Kier molecular flexibility index (Phi) is 8.19.